The summed E-state index contributed by atoms with van der Waals surface area (Å²) in [5, 5.41) is 19.4. The van der Waals surface area contributed by atoms with Crippen molar-refractivity contribution >= 4 is 50.5 Å². The number of aliphatic imine (C=N–C) groups is 1. The molecule has 4 rings (SSSR count). The molecule has 226 valence electrons. The number of aromatic nitrogens is 2. The lowest BCUT2D eigenvalue weighted by atomic mass is 9.75. The Balaban J connectivity index is 1.69. The predicted octanol–water partition coefficient (Wildman–Crippen LogP) is 7.04. The monoisotopic (exact) mass is 623 g/mol. The number of aryl methyl sites for hydroxylation is 1. The van der Waals surface area contributed by atoms with Crippen molar-refractivity contribution in [3.05, 3.63) is 51.0 Å². The van der Waals surface area contributed by atoms with Crippen LogP contribution < -0.4 is 5.73 Å². The minimum absolute atomic E-state index is 0.0897. The zero-order valence-corrected chi connectivity index (χ0v) is 28.3. The fourth-order valence-electron chi connectivity index (χ4n) is 6.47. The smallest absolute Gasteiger partial charge is 0.180 e. The summed E-state index contributed by atoms with van der Waals surface area (Å²) in [7, 11) is 5.08. The lowest BCUT2D eigenvalue weighted by molar-refractivity contribution is 0.296. The van der Waals surface area contributed by atoms with Crippen molar-refractivity contribution < 1.29 is 0 Å². The Morgan fingerprint density at radius 2 is 2.17 bits per heavy atom. The van der Waals surface area contributed by atoms with Crippen molar-refractivity contribution in [2.75, 3.05) is 25.6 Å². The Morgan fingerprint density at radius 1 is 1.36 bits per heavy atom. The number of allylic oxidation sites excluding steroid dienone is 5. The summed E-state index contributed by atoms with van der Waals surface area (Å²) in [5.74, 6) is 1.86. The quantitative estimate of drug-likeness (QED) is 0.190. The number of likely N-dealkylation sites (tertiary alicyclic amines) is 1. The molecule has 3 heterocycles. The molecule has 5 atom stereocenters. The molecule has 1 saturated heterocycles. The number of nitrogens with zero attached hydrogens (tertiary/aromatic N) is 5. The second kappa shape index (κ2) is 15.7. The van der Waals surface area contributed by atoms with Crippen LogP contribution >= 0.6 is 32.8 Å². The third kappa shape index (κ3) is 7.94. The Hall–Kier alpha value is -1.98. The average Bonchev–Trinajstić information content (AvgIpc) is 3.54. The maximum Gasteiger partial charge on any atom is 0.180 e. The van der Waals surface area contributed by atoms with Gasteiger partial charge in [0, 0.05) is 46.4 Å². The molecule has 0 bridgehead atoms. The molecule has 7 nitrogen and oxygen atoms in total. The Kier molecular flexibility index (Phi) is 12.3. The number of nitriles is 1. The van der Waals surface area contributed by atoms with Gasteiger partial charge >= 0.3 is 0 Å². The van der Waals surface area contributed by atoms with Crippen molar-refractivity contribution in [3.8, 4) is 6.07 Å². The van der Waals surface area contributed by atoms with E-state index in [1.54, 1.807) is 18.0 Å². The van der Waals surface area contributed by atoms with E-state index in [-0.39, 0.29) is 16.8 Å². The Labute approximate surface area is 263 Å². The van der Waals surface area contributed by atoms with E-state index in [4.69, 9.17) is 15.7 Å². The van der Waals surface area contributed by atoms with Gasteiger partial charge in [-0.25, -0.2) is 15.0 Å². The van der Waals surface area contributed by atoms with Crippen LogP contribution in [0.5, 0.6) is 0 Å². The van der Waals surface area contributed by atoms with Crippen LogP contribution in [0.4, 0.5) is 5.82 Å². The van der Waals surface area contributed by atoms with E-state index in [1.165, 1.54) is 28.9 Å². The molecule has 1 fully saturated rings. The molecule has 1 aromatic heterocycles. The number of hydrogen-bond acceptors (Lipinski definition) is 9. The highest BCUT2D eigenvalue weighted by atomic mass is 32.2. The maximum atomic E-state index is 10.0. The van der Waals surface area contributed by atoms with Gasteiger partial charge in [-0.3, -0.25) is 5.41 Å². The van der Waals surface area contributed by atoms with Gasteiger partial charge in [-0.05, 0) is 100 Å². The summed E-state index contributed by atoms with van der Waals surface area (Å²) in [5.41, 5.74) is 11.7. The fraction of sp³-hybridized carbons (Fsp3) is 0.594. The lowest BCUT2D eigenvalue weighted by Gasteiger charge is -2.29. The maximum absolute atomic E-state index is 10.0. The molecule has 2 aliphatic heterocycles. The second-order valence-corrected chi connectivity index (χ2v) is 14.9. The first-order valence-corrected chi connectivity index (χ1v) is 18.1. The van der Waals surface area contributed by atoms with Gasteiger partial charge in [0.1, 0.15) is 5.71 Å². The number of thioether (sulfide) groups is 2. The summed E-state index contributed by atoms with van der Waals surface area (Å²) >= 11 is 3.52. The summed E-state index contributed by atoms with van der Waals surface area (Å²) < 4.78 is 0. The predicted molar refractivity (Wildman–Crippen MR) is 184 cm³/mol. The molecule has 42 heavy (non-hydrogen) atoms. The van der Waals surface area contributed by atoms with E-state index in [1.807, 2.05) is 30.2 Å². The second-order valence-electron chi connectivity index (χ2n) is 11.6. The molecule has 0 spiro atoms. The molecular formula is C32H46N7PS2. The summed E-state index contributed by atoms with van der Waals surface area (Å²) in [6, 6.07) is 5.11. The molecule has 3 N–H and O–H groups in total. The van der Waals surface area contributed by atoms with Crippen LogP contribution in [0.2, 0.25) is 0 Å². The zero-order valence-electron chi connectivity index (χ0n) is 25.5. The highest BCUT2D eigenvalue weighted by Gasteiger charge is 2.40. The Bertz CT molecular complexity index is 1310. The van der Waals surface area contributed by atoms with Gasteiger partial charge < -0.3 is 10.6 Å². The van der Waals surface area contributed by atoms with E-state index in [2.05, 4.69) is 46.1 Å². The summed E-state index contributed by atoms with van der Waals surface area (Å²) in [6.45, 7) is 5.48. The van der Waals surface area contributed by atoms with E-state index in [0.717, 1.165) is 74.2 Å². The molecule has 1 aromatic rings. The third-order valence-electron chi connectivity index (χ3n) is 8.68. The fourth-order valence-corrected chi connectivity index (χ4v) is 9.02. The lowest BCUT2D eigenvalue weighted by Crippen LogP contribution is -2.25. The van der Waals surface area contributed by atoms with Crippen LogP contribution in [-0.4, -0.2) is 63.4 Å². The first kappa shape index (κ1) is 32.9. The van der Waals surface area contributed by atoms with E-state index >= 15 is 0 Å². The molecule has 1 aliphatic carbocycles. The molecule has 3 unspecified atom stereocenters. The molecular weight excluding hydrogens is 578 g/mol. The molecule has 0 aromatic carbocycles. The molecule has 0 amide bonds. The van der Waals surface area contributed by atoms with Crippen LogP contribution in [-0.2, 0) is 6.42 Å². The van der Waals surface area contributed by atoms with Crippen LogP contribution in [0.25, 0.3) is 0 Å². The summed E-state index contributed by atoms with van der Waals surface area (Å²) in [6.07, 6.45) is 14.8. The number of hydrogen-bond donors (Lipinski definition) is 2. The molecule has 0 radical (unpaired) electrons. The molecule has 0 saturated carbocycles. The normalized spacial score (nSPS) is 25.6. The SMILES string of the molecule is CCC/C(C(=N)c1nc(CC[C@@H]2CCCN2C)cc(N=C/C=C(\N)CSC)n1)=C(/C)[C@H]1CCCC2=C1C(C#N)C(P)S2. The Morgan fingerprint density at radius 3 is 2.86 bits per heavy atom. The molecule has 10 heteroatoms. The van der Waals surface area contributed by atoms with Crippen LogP contribution in [0.1, 0.15) is 76.7 Å². The zero-order chi connectivity index (χ0) is 30.2. The van der Waals surface area contributed by atoms with E-state index < -0.39 is 0 Å². The van der Waals surface area contributed by atoms with Crippen molar-refractivity contribution in [1.29, 1.82) is 10.7 Å². The van der Waals surface area contributed by atoms with Crippen LogP contribution in [0, 0.1) is 28.6 Å². The van der Waals surface area contributed by atoms with Gasteiger partial charge in [-0.15, -0.1) is 21.0 Å². The number of rotatable bonds is 12. The van der Waals surface area contributed by atoms with Gasteiger partial charge in [-0.1, -0.05) is 18.9 Å². The highest BCUT2D eigenvalue weighted by Crippen LogP contribution is 2.54. The standard InChI is InChI=1S/C32H46N7PS2/c1-5-8-25(20(2)24-10-6-11-27-29(24)26(18-33)32(40)42-27)30(35)31-37-22(12-13-23-9-7-16-39(23)3)17-28(38-31)36-15-14-21(34)19-41-4/h14-15,17,23-24,26,32,35H,5-13,16,19,34,40H2,1-4H3/b21-14-,25-20+,35-30?,36-15?/t23-,24+,26?,32?/m0/s1. The van der Waals surface area contributed by atoms with Gasteiger partial charge in [0.15, 0.2) is 11.6 Å². The van der Waals surface area contributed by atoms with Crippen molar-refractivity contribution in [2.45, 2.75) is 82.7 Å². The first-order valence-electron chi connectivity index (χ1n) is 15.2. The van der Waals surface area contributed by atoms with Gasteiger partial charge in [0.25, 0.3) is 0 Å². The number of nitrogens with one attached hydrogen (secondary N) is 1. The first-order chi connectivity index (χ1) is 20.3. The summed E-state index contributed by atoms with van der Waals surface area (Å²) in [4.78, 5) is 18.4. The van der Waals surface area contributed by atoms with Crippen LogP contribution in [0.15, 0.2) is 44.5 Å². The van der Waals surface area contributed by atoms with Gasteiger partial charge in [0.2, 0.25) is 0 Å². The highest BCUT2D eigenvalue weighted by molar-refractivity contribution is 8.07. The number of nitrogens with two attached hydrogens (primary N) is 1. The van der Waals surface area contributed by atoms with Crippen molar-refractivity contribution in [2.24, 2.45) is 22.6 Å². The van der Waals surface area contributed by atoms with Gasteiger partial charge in [0.05, 0.1) is 12.0 Å². The van der Waals surface area contributed by atoms with E-state index in [9.17, 15) is 10.7 Å². The van der Waals surface area contributed by atoms with Gasteiger partial charge in [-0.2, -0.15) is 17.0 Å². The average molecular weight is 624 g/mol. The minimum atomic E-state index is -0.0897. The van der Waals surface area contributed by atoms with Crippen molar-refractivity contribution in [1.82, 2.24) is 14.9 Å². The van der Waals surface area contributed by atoms with E-state index in [0.29, 0.717) is 23.4 Å². The van der Waals surface area contributed by atoms with Crippen LogP contribution in [0.3, 0.4) is 0 Å². The third-order valence-corrected chi connectivity index (χ3v) is 11.4. The molecule has 3 aliphatic rings. The minimum Gasteiger partial charge on any atom is -0.401 e. The van der Waals surface area contributed by atoms with Crippen molar-refractivity contribution in [3.63, 3.8) is 0 Å². The topological polar surface area (TPSA) is 115 Å². The largest absolute Gasteiger partial charge is 0.401 e.